The van der Waals surface area contributed by atoms with E-state index in [0.29, 0.717) is 6.04 Å². The molecule has 4 nitrogen and oxygen atoms in total. The fourth-order valence-electron chi connectivity index (χ4n) is 3.79. The highest BCUT2D eigenvalue weighted by atomic mass is 16.5. The summed E-state index contributed by atoms with van der Waals surface area (Å²) in [5, 5.41) is 4.83. The molecule has 1 aliphatic heterocycles. The van der Waals surface area contributed by atoms with Gasteiger partial charge in [-0.3, -0.25) is 0 Å². The highest BCUT2D eigenvalue weighted by molar-refractivity contribution is 5.96. The Bertz CT molecular complexity index is 895. The van der Waals surface area contributed by atoms with Crippen molar-refractivity contribution in [2.45, 2.75) is 19.4 Å². The fraction of sp³-hybridized carbons (Fsp3) is 0.318. The highest BCUT2D eigenvalue weighted by Crippen LogP contribution is 2.33. The second-order valence-corrected chi connectivity index (χ2v) is 6.92. The molecule has 4 heteroatoms. The zero-order valence-electron chi connectivity index (χ0n) is 15.4. The Labute approximate surface area is 154 Å². The van der Waals surface area contributed by atoms with E-state index >= 15 is 0 Å². The maximum atomic E-state index is 5.53. The van der Waals surface area contributed by atoms with E-state index in [1.54, 1.807) is 7.11 Å². The van der Waals surface area contributed by atoms with Gasteiger partial charge in [0.25, 0.3) is 0 Å². The third kappa shape index (κ3) is 3.37. The number of hydrogen-bond donors (Lipinski definition) is 1. The minimum Gasteiger partial charge on any atom is -0.494 e. The van der Waals surface area contributed by atoms with Crippen LogP contribution in [0.5, 0.6) is 5.75 Å². The molecule has 0 spiro atoms. The molecule has 1 atom stereocenters. The maximum Gasteiger partial charge on any atom is 0.145 e. The summed E-state index contributed by atoms with van der Waals surface area (Å²) in [7, 11) is 1.71. The minimum absolute atomic E-state index is 0.446. The lowest BCUT2D eigenvalue weighted by molar-refractivity contribution is 0.418. The van der Waals surface area contributed by atoms with Crippen molar-refractivity contribution in [1.29, 1.82) is 0 Å². The normalized spacial score (nSPS) is 17.5. The molecule has 26 heavy (non-hydrogen) atoms. The lowest BCUT2D eigenvalue weighted by atomic mass is 10.0. The van der Waals surface area contributed by atoms with Crippen LogP contribution < -0.4 is 15.0 Å². The van der Waals surface area contributed by atoms with Crippen molar-refractivity contribution in [2.75, 3.05) is 31.6 Å². The van der Waals surface area contributed by atoms with Crippen molar-refractivity contribution in [3.63, 3.8) is 0 Å². The second kappa shape index (κ2) is 7.34. The molecule has 0 aliphatic carbocycles. The number of benzene rings is 2. The molecule has 1 N–H and O–H groups in total. The molecular formula is C22H25N3O. The van der Waals surface area contributed by atoms with Crippen molar-refractivity contribution >= 4 is 16.6 Å². The van der Waals surface area contributed by atoms with Gasteiger partial charge < -0.3 is 15.0 Å². The van der Waals surface area contributed by atoms with E-state index in [4.69, 9.17) is 9.72 Å². The topological polar surface area (TPSA) is 37.4 Å². The molecule has 1 unspecified atom stereocenters. The quantitative estimate of drug-likeness (QED) is 0.783. The second-order valence-electron chi connectivity index (χ2n) is 6.92. The number of hydrogen-bond acceptors (Lipinski definition) is 4. The van der Waals surface area contributed by atoms with Crippen LogP contribution in [-0.4, -0.2) is 37.8 Å². The van der Waals surface area contributed by atoms with E-state index in [1.165, 1.54) is 11.3 Å². The number of pyridine rings is 1. The molecule has 0 radical (unpaired) electrons. The van der Waals surface area contributed by atoms with Gasteiger partial charge in [-0.15, -0.1) is 0 Å². The standard InChI is InChI=1S/C22H25N3O/c1-16-8-9-19-20(10-11-21(26-2)22(19)24-16)25-13-12-23-18(15-25)14-17-6-4-3-5-7-17/h3-11,18,23H,12-15H2,1-2H3. The third-order valence-corrected chi connectivity index (χ3v) is 5.08. The van der Waals surface area contributed by atoms with E-state index in [-0.39, 0.29) is 0 Å². The first kappa shape index (κ1) is 16.9. The van der Waals surface area contributed by atoms with Crippen LogP contribution in [0.25, 0.3) is 10.9 Å². The van der Waals surface area contributed by atoms with Gasteiger partial charge in [0.2, 0.25) is 0 Å². The van der Waals surface area contributed by atoms with Crippen LogP contribution in [0.1, 0.15) is 11.3 Å². The molecule has 2 aromatic carbocycles. The number of methoxy groups -OCH3 is 1. The monoisotopic (exact) mass is 347 g/mol. The van der Waals surface area contributed by atoms with Crippen molar-refractivity contribution in [2.24, 2.45) is 0 Å². The molecule has 3 aromatic rings. The lowest BCUT2D eigenvalue weighted by Crippen LogP contribution is -2.51. The molecule has 4 rings (SSSR count). The number of anilines is 1. The number of ether oxygens (including phenoxy) is 1. The van der Waals surface area contributed by atoms with Gasteiger partial charge in [-0.2, -0.15) is 0 Å². The van der Waals surface area contributed by atoms with Crippen molar-refractivity contribution in [3.8, 4) is 5.75 Å². The summed E-state index contributed by atoms with van der Waals surface area (Å²) in [6, 6.07) is 19.6. The van der Waals surface area contributed by atoms with Crippen LogP contribution in [0.2, 0.25) is 0 Å². The van der Waals surface area contributed by atoms with Gasteiger partial charge in [0, 0.05) is 42.4 Å². The average molecular weight is 347 g/mol. The largest absolute Gasteiger partial charge is 0.494 e. The predicted octanol–water partition coefficient (Wildman–Crippen LogP) is 3.57. The molecule has 134 valence electrons. The molecule has 1 aliphatic rings. The van der Waals surface area contributed by atoms with Crippen LogP contribution in [0.3, 0.4) is 0 Å². The summed E-state index contributed by atoms with van der Waals surface area (Å²) < 4.78 is 5.53. The van der Waals surface area contributed by atoms with Gasteiger partial charge in [-0.25, -0.2) is 4.98 Å². The first-order valence-corrected chi connectivity index (χ1v) is 9.21. The number of nitrogens with one attached hydrogen (secondary N) is 1. The zero-order valence-corrected chi connectivity index (χ0v) is 15.4. The predicted molar refractivity (Wildman–Crippen MR) is 107 cm³/mol. The SMILES string of the molecule is COc1ccc(N2CCNC(Cc3ccccc3)C2)c2ccc(C)nc12. The molecule has 2 heterocycles. The Balaban J connectivity index is 1.62. The van der Waals surface area contributed by atoms with Gasteiger partial charge in [0.05, 0.1) is 7.11 Å². The summed E-state index contributed by atoms with van der Waals surface area (Å²) in [5.41, 5.74) is 4.58. The van der Waals surface area contributed by atoms with E-state index in [1.807, 2.05) is 13.0 Å². The smallest absolute Gasteiger partial charge is 0.145 e. The first-order valence-electron chi connectivity index (χ1n) is 9.21. The molecular weight excluding hydrogens is 322 g/mol. The van der Waals surface area contributed by atoms with Gasteiger partial charge in [0.1, 0.15) is 11.3 Å². The van der Waals surface area contributed by atoms with Crippen LogP contribution >= 0.6 is 0 Å². The summed E-state index contributed by atoms with van der Waals surface area (Å²) in [6.45, 7) is 5.00. The molecule has 1 saturated heterocycles. The first-order chi connectivity index (χ1) is 12.7. The van der Waals surface area contributed by atoms with Gasteiger partial charge in [0.15, 0.2) is 0 Å². The van der Waals surface area contributed by atoms with Crippen molar-refractivity contribution in [3.05, 3.63) is 65.9 Å². The lowest BCUT2D eigenvalue weighted by Gasteiger charge is -2.36. The molecule has 0 amide bonds. The summed E-state index contributed by atoms with van der Waals surface area (Å²) in [4.78, 5) is 7.20. The summed E-state index contributed by atoms with van der Waals surface area (Å²) >= 11 is 0. The molecule has 1 aromatic heterocycles. The van der Waals surface area contributed by atoms with Crippen molar-refractivity contribution < 1.29 is 4.74 Å². The van der Waals surface area contributed by atoms with E-state index in [2.05, 4.69) is 58.7 Å². The Kier molecular flexibility index (Phi) is 4.76. The van der Waals surface area contributed by atoms with Crippen molar-refractivity contribution in [1.82, 2.24) is 10.3 Å². The number of piperazine rings is 1. The number of aryl methyl sites for hydroxylation is 1. The maximum absolute atomic E-state index is 5.53. The van der Waals surface area contributed by atoms with Gasteiger partial charge in [-0.1, -0.05) is 30.3 Å². The zero-order chi connectivity index (χ0) is 17.9. The Morgan fingerprint density at radius 2 is 1.96 bits per heavy atom. The highest BCUT2D eigenvalue weighted by Gasteiger charge is 2.22. The van der Waals surface area contributed by atoms with Crippen LogP contribution in [-0.2, 0) is 6.42 Å². The van der Waals surface area contributed by atoms with Gasteiger partial charge >= 0.3 is 0 Å². The Hall–Kier alpha value is -2.59. The number of nitrogens with zero attached hydrogens (tertiary/aromatic N) is 2. The number of fused-ring (bicyclic) bond motifs is 1. The number of aromatic nitrogens is 1. The Morgan fingerprint density at radius 1 is 1.12 bits per heavy atom. The Morgan fingerprint density at radius 3 is 2.77 bits per heavy atom. The van der Waals surface area contributed by atoms with Gasteiger partial charge in [-0.05, 0) is 43.2 Å². The minimum atomic E-state index is 0.446. The van der Waals surface area contributed by atoms with Crippen LogP contribution in [0, 0.1) is 6.92 Å². The van der Waals surface area contributed by atoms with Crippen LogP contribution in [0.15, 0.2) is 54.6 Å². The van der Waals surface area contributed by atoms with E-state index in [9.17, 15) is 0 Å². The summed E-state index contributed by atoms with van der Waals surface area (Å²) in [6.07, 6.45) is 1.04. The van der Waals surface area contributed by atoms with E-state index in [0.717, 1.165) is 48.4 Å². The molecule has 1 fully saturated rings. The molecule has 0 bridgehead atoms. The molecule has 0 saturated carbocycles. The summed E-state index contributed by atoms with van der Waals surface area (Å²) in [5.74, 6) is 0.836. The number of rotatable bonds is 4. The average Bonchev–Trinajstić information content (AvgIpc) is 2.68. The van der Waals surface area contributed by atoms with Crippen LogP contribution in [0.4, 0.5) is 5.69 Å². The third-order valence-electron chi connectivity index (χ3n) is 5.08. The fourth-order valence-corrected chi connectivity index (χ4v) is 3.79. The van der Waals surface area contributed by atoms with E-state index < -0.39 is 0 Å².